The van der Waals surface area contributed by atoms with Gasteiger partial charge in [0.2, 0.25) is 0 Å². The first-order valence-corrected chi connectivity index (χ1v) is 6.32. The predicted octanol–water partition coefficient (Wildman–Crippen LogP) is 1.66. The van der Waals surface area contributed by atoms with Gasteiger partial charge in [0.15, 0.2) is 0 Å². The molecule has 18 heavy (non-hydrogen) atoms. The van der Waals surface area contributed by atoms with Gasteiger partial charge in [-0.3, -0.25) is 0 Å². The molecule has 0 aliphatic carbocycles. The van der Waals surface area contributed by atoms with E-state index in [0.717, 1.165) is 37.2 Å². The van der Waals surface area contributed by atoms with E-state index in [9.17, 15) is 0 Å². The van der Waals surface area contributed by atoms with Crippen molar-refractivity contribution in [3.63, 3.8) is 0 Å². The van der Waals surface area contributed by atoms with Crippen LogP contribution in [0.1, 0.15) is 24.8 Å². The van der Waals surface area contributed by atoms with Crippen LogP contribution < -0.4 is 5.32 Å². The molecule has 2 heterocycles. The van der Waals surface area contributed by atoms with E-state index in [1.807, 2.05) is 6.92 Å². The number of fused-ring (bicyclic) bond motifs is 1. The van der Waals surface area contributed by atoms with E-state index in [0.29, 0.717) is 10.9 Å². The summed E-state index contributed by atoms with van der Waals surface area (Å²) in [6.07, 6.45) is 4.25. The largest absolute Gasteiger partial charge is 0.396 e. The van der Waals surface area contributed by atoms with E-state index >= 15 is 0 Å². The maximum Gasteiger partial charge on any atom is 0.255 e. The number of aromatic nitrogens is 4. The summed E-state index contributed by atoms with van der Waals surface area (Å²) in [5, 5.41) is 16.6. The van der Waals surface area contributed by atoms with Crippen LogP contribution in [0.4, 0.5) is 5.82 Å². The Morgan fingerprint density at radius 3 is 3.00 bits per heavy atom. The third kappa shape index (κ3) is 2.70. The third-order valence-corrected chi connectivity index (χ3v) is 3.10. The molecule has 0 aliphatic rings. The number of hydrogen-bond donors (Lipinski definition) is 2. The van der Waals surface area contributed by atoms with Crippen molar-refractivity contribution >= 4 is 23.2 Å². The number of aliphatic hydroxyl groups excluding tert-OH is 1. The fourth-order valence-corrected chi connectivity index (χ4v) is 1.89. The zero-order valence-corrected chi connectivity index (χ0v) is 11.0. The van der Waals surface area contributed by atoms with Crippen LogP contribution in [0.2, 0.25) is 5.15 Å². The Hall–Kier alpha value is -1.40. The topological polar surface area (TPSA) is 75.3 Å². The number of nitrogens with one attached hydrogen (secondary N) is 1. The average Bonchev–Trinajstić information content (AvgIpc) is 2.81. The number of rotatable bonds is 6. The summed E-state index contributed by atoms with van der Waals surface area (Å²) in [6.45, 7) is 2.94. The van der Waals surface area contributed by atoms with E-state index in [4.69, 9.17) is 16.7 Å². The Morgan fingerprint density at radius 2 is 2.22 bits per heavy atom. The van der Waals surface area contributed by atoms with Gasteiger partial charge < -0.3 is 10.4 Å². The van der Waals surface area contributed by atoms with Crippen molar-refractivity contribution in [3.05, 3.63) is 17.0 Å². The summed E-state index contributed by atoms with van der Waals surface area (Å²) >= 11 is 6.05. The molecule has 0 aromatic carbocycles. The third-order valence-electron chi connectivity index (χ3n) is 2.73. The second-order valence-corrected chi connectivity index (χ2v) is 4.42. The minimum Gasteiger partial charge on any atom is -0.396 e. The van der Waals surface area contributed by atoms with Crippen molar-refractivity contribution in [2.24, 2.45) is 0 Å². The van der Waals surface area contributed by atoms with Gasteiger partial charge in [-0.1, -0.05) is 11.6 Å². The Bertz CT molecular complexity index is 527. The summed E-state index contributed by atoms with van der Waals surface area (Å²) in [5.41, 5.74) is 0.858. The molecular weight excluding hydrogens is 254 g/mol. The van der Waals surface area contributed by atoms with Crippen LogP contribution >= 0.6 is 11.6 Å². The second-order valence-electron chi connectivity index (χ2n) is 4.06. The molecule has 98 valence electrons. The molecule has 0 aliphatic heterocycles. The first kappa shape index (κ1) is 13.0. The molecule has 7 heteroatoms. The van der Waals surface area contributed by atoms with Crippen molar-refractivity contribution in [2.75, 3.05) is 18.5 Å². The molecular formula is C11H16ClN5O. The summed E-state index contributed by atoms with van der Waals surface area (Å²) in [4.78, 5) is 8.16. The maximum atomic E-state index is 8.71. The minimum atomic E-state index is 0.243. The summed E-state index contributed by atoms with van der Waals surface area (Å²) in [5.74, 6) is 1.31. The van der Waals surface area contributed by atoms with Crippen molar-refractivity contribution < 1.29 is 5.11 Å². The molecule has 2 N–H and O–H groups in total. The zero-order chi connectivity index (χ0) is 13.0. The van der Waals surface area contributed by atoms with Gasteiger partial charge in [-0.15, -0.1) is 0 Å². The van der Waals surface area contributed by atoms with Gasteiger partial charge in [0.25, 0.3) is 5.78 Å². The quantitative estimate of drug-likeness (QED) is 0.616. The van der Waals surface area contributed by atoms with Gasteiger partial charge in [-0.2, -0.15) is 19.6 Å². The van der Waals surface area contributed by atoms with Gasteiger partial charge in [0.05, 0.1) is 0 Å². The smallest absolute Gasteiger partial charge is 0.255 e. The minimum absolute atomic E-state index is 0.243. The van der Waals surface area contributed by atoms with E-state index in [2.05, 4.69) is 20.4 Å². The summed E-state index contributed by atoms with van der Waals surface area (Å²) in [6, 6.07) is 0. The monoisotopic (exact) mass is 269 g/mol. The molecule has 0 spiro atoms. The van der Waals surface area contributed by atoms with Crippen LogP contribution in [0.3, 0.4) is 0 Å². The van der Waals surface area contributed by atoms with Gasteiger partial charge >= 0.3 is 0 Å². The molecule has 0 amide bonds. The number of aliphatic hydroxyl groups is 1. The van der Waals surface area contributed by atoms with Crippen LogP contribution in [0.25, 0.3) is 5.78 Å². The van der Waals surface area contributed by atoms with Crippen molar-refractivity contribution in [1.82, 2.24) is 19.6 Å². The van der Waals surface area contributed by atoms with Crippen molar-refractivity contribution in [3.8, 4) is 0 Å². The molecule has 6 nitrogen and oxygen atoms in total. The molecule has 2 aromatic rings. The Morgan fingerprint density at radius 1 is 1.39 bits per heavy atom. The van der Waals surface area contributed by atoms with Gasteiger partial charge in [-0.05, 0) is 26.2 Å². The average molecular weight is 270 g/mol. The van der Waals surface area contributed by atoms with Crippen molar-refractivity contribution in [1.29, 1.82) is 0 Å². The highest BCUT2D eigenvalue weighted by molar-refractivity contribution is 6.30. The molecule has 0 saturated heterocycles. The van der Waals surface area contributed by atoms with Crippen molar-refractivity contribution in [2.45, 2.75) is 26.2 Å². The van der Waals surface area contributed by atoms with Crippen LogP contribution in [0, 0.1) is 6.92 Å². The molecule has 0 fully saturated rings. The molecule has 0 radical (unpaired) electrons. The molecule has 2 rings (SSSR count). The van der Waals surface area contributed by atoms with Crippen LogP contribution in [-0.2, 0) is 0 Å². The number of nitrogens with zero attached hydrogens (tertiary/aromatic N) is 4. The van der Waals surface area contributed by atoms with Gasteiger partial charge in [0, 0.05) is 18.7 Å². The molecule has 0 atom stereocenters. The van der Waals surface area contributed by atoms with E-state index in [-0.39, 0.29) is 6.61 Å². The second kappa shape index (κ2) is 5.97. The van der Waals surface area contributed by atoms with Gasteiger partial charge in [-0.25, -0.2) is 0 Å². The van der Waals surface area contributed by atoms with Crippen LogP contribution in [-0.4, -0.2) is 37.8 Å². The summed E-state index contributed by atoms with van der Waals surface area (Å²) < 4.78 is 1.65. The maximum absolute atomic E-state index is 8.71. The highest BCUT2D eigenvalue weighted by Gasteiger charge is 2.11. The standard InChI is InChI=1S/C11H16ClN5O/c1-8-9(12)16-11-14-7-15-17(11)10(8)13-5-3-2-4-6-18/h7,13,18H,2-6H2,1H3. The highest BCUT2D eigenvalue weighted by atomic mass is 35.5. The highest BCUT2D eigenvalue weighted by Crippen LogP contribution is 2.21. The van der Waals surface area contributed by atoms with Crippen LogP contribution in [0.5, 0.6) is 0 Å². The number of unbranched alkanes of at least 4 members (excludes halogenated alkanes) is 2. The lowest BCUT2D eigenvalue weighted by molar-refractivity contribution is 0.283. The van der Waals surface area contributed by atoms with E-state index < -0.39 is 0 Å². The summed E-state index contributed by atoms with van der Waals surface area (Å²) in [7, 11) is 0. The lowest BCUT2D eigenvalue weighted by Crippen LogP contribution is -2.10. The van der Waals surface area contributed by atoms with Crippen LogP contribution in [0.15, 0.2) is 6.33 Å². The SMILES string of the molecule is Cc1c(Cl)nc2ncnn2c1NCCCCCO. The lowest BCUT2D eigenvalue weighted by Gasteiger charge is -2.11. The fraction of sp³-hybridized carbons (Fsp3) is 0.545. The van der Waals surface area contributed by atoms with E-state index in [1.54, 1.807) is 4.52 Å². The first-order valence-electron chi connectivity index (χ1n) is 5.94. The Labute approximate surface area is 110 Å². The Kier molecular flexibility index (Phi) is 4.33. The zero-order valence-electron chi connectivity index (χ0n) is 10.2. The predicted molar refractivity (Wildman–Crippen MR) is 70.0 cm³/mol. The number of anilines is 1. The van der Waals surface area contributed by atoms with E-state index in [1.165, 1.54) is 6.33 Å². The number of halogens is 1. The lowest BCUT2D eigenvalue weighted by atomic mass is 10.2. The normalized spacial score (nSPS) is 11.1. The molecule has 2 aromatic heterocycles. The Balaban J connectivity index is 2.11. The molecule has 0 unspecified atom stereocenters. The first-order chi connectivity index (χ1) is 8.74. The van der Waals surface area contributed by atoms with Gasteiger partial charge in [0.1, 0.15) is 17.3 Å². The fourth-order valence-electron chi connectivity index (χ4n) is 1.73. The molecule has 0 saturated carbocycles. The molecule has 0 bridgehead atoms. The number of hydrogen-bond acceptors (Lipinski definition) is 5.